The highest BCUT2D eigenvalue weighted by molar-refractivity contribution is 7.99. The quantitative estimate of drug-likeness (QED) is 0.713. The van der Waals surface area contributed by atoms with E-state index in [1.54, 1.807) is 18.9 Å². The number of halogens is 1. The molecule has 4 rings (SSSR count). The van der Waals surface area contributed by atoms with Crippen LogP contribution in [0.25, 0.3) is 10.9 Å². The van der Waals surface area contributed by atoms with E-state index >= 15 is 0 Å². The lowest BCUT2D eigenvalue weighted by Gasteiger charge is -2.14. The van der Waals surface area contributed by atoms with Gasteiger partial charge >= 0.3 is 0 Å². The maximum absolute atomic E-state index is 6.43. The Bertz CT molecular complexity index is 913. The zero-order chi connectivity index (χ0) is 16.7. The highest BCUT2D eigenvalue weighted by Crippen LogP contribution is 2.41. The molecule has 8 heteroatoms. The summed E-state index contributed by atoms with van der Waals surface area (Å²) in [6, 6.07) is 7.81. The molecule has 1 atom stereocenters. The lowest BCUT2D eigenvalue weighted by molar-refractivity contribution is 0.415. The molecule has 0 amide bonds. The molecule has 3 heterocycles. The average molecular weight is 362 g/mol. The van der Waals surface area contributed by atoms with E-state index in [-0.39, 0.29) is 5.37 Å². The summed E-state index contributed by atoms with van der Waals surface area (Å²) < 4.78 is 7.24. The molecule has 1 aliphatic rings. The first-order chi connectivity index (χ1) is 11.7. The zero-order valence-corrected chi connectivity index (χ0v) is 14.9. The van der Waals surface area contributed by atoms with Crippen LogP contribution in [0.1, 0.15) is 30.1 Å². The van der Waals surface area contributed by atoms with Gasteiger partial charge < -0.3 is 10.2 Å². The Kier molecular flexibility index (Phi) is 3.97. The molecule has 1 N–H and O–H groups in total. The van der Waals surface area contributed by atoms with Crippen molar-refractivity contribution in [3.8, 4) is 5.75 Å². The predicted molar refractivity (Wildman–Crippen MR) is 95.3 cm³/mol. The van der Waals surface area contributed by atoms with Gasteiger partial charge in [0.1, 0.15) is 16.3 Å². The Morgan fingerprint density at radius 3 is 3.00 bits per heavy atom. The molecule has 0 fully saturated rings. The number of nitrogens with one attached hydrogen (secondary N) is 1. The summed E-state index contributed by atoms with van der Waals surface area (Å²) >= 11 is 8.02. The summed E-state index contributed by atoms with van der Waals surface area (Å²) in [7, 11) is 1.65. The maximum Gasteiger partial charge on any atom is 0.212 e. The van der Waals surface area contributed by atoms with E-state index in [0.717, 1.165) is 46.0 Å². The van der Waals surface area contributed by atoms with Crippen molar-refractivity contribution >= 4 is 34.3 Å². The molecular formula is C16H16ClN5OS. The number of hydrogen-bond acceptors (Lipinski definition) is 6. The number of pyridine rings is 1. The van der Waals surface area contributed by atoms with Crippen LogP contribution in [0.4, 0.5) is 0 Å². The van der Waals surface area contributed by atoms with Gasteiger partial charge in [-0.15, -0.1) is 10.2 Å². The van der Waals surface area contributed by atoms with Crippen molar-refractivity contribution in [2.45, 2.75) is 30.3 Å². The lowest BCUT2D eigenvalue weighted by atomic mass is 10.1. The van der Waals surface area contributed by atoms with Crippen molar-refractivity contribution in [2.24, 2.45) is 0 Å². The third kappa shape index (κ3) is 2.57. The lowest BCUT2D eigenvalue weighted by Crippen LogP contribution is -2.16. The Hall–Kier alpha value is -1.99. The second-order valence-electron chi connectivity index (χ2n) is 5.54. The molecule has 1 aromatic carbocycles. The van der Waals surface area contributed by atoms with Gasteiger partial charge in [0.2, 0.25) is 5.16 Å². The number of benzene rings is 1. The molecule has 0 radical (unpaired) electrons. The summed E-state index contributed by atoms with van der Waals surface area (Å²) in [5, 5.41) is 10.8. The minimum absolute atomic E-state index is 0.0401. The minimum Gasteiger partial charge on any atom is -0.497 e. The monoisotopic (exact) mass is 361 g/mol. The Morgan fingerprint density at radius 2 is 2.21 bits per heavy atom. The first-order valence-electron chi connectivity index (χ1n) is 7.71. The number of hydrogen-bond donors (Lipinski definition) is 1. The van der Waals surface area contributed by atoms with Gasteiger partial charge in [0, 0.05) is 17.4 Å². The van der Waals surface area contributed by atoms with Crippen molar-refractivity contribution in [1.82, 2.24) is 19.9 Å². The first kappa shape index (κ1) is 15.5. The highest BCUT2D eigenvalue weighted by atomic mass is 35.5. The third-order valence-electron chi connectivity index (χ3n) is 3.93. The maximum atomic E-state index is 6.43. The van der Waals surface area contributed by atoms with Crippen molar-refractivity contribution in [3.63, 3.8) is 0 Å². The van der Waals surface area contributed by atoms with Crippen molar-refractivity contribution in [2.75, 3.05) is 12.5 Å². The largest absolute Gasteiger partial charge is 0.497 e. The van der Waals surface area contributed by atoms with Crippen molar-refractivity contribution in [3.05, 3.63) is 40.8 Å². The van der Waals surface area contributed by atoms with Crippen LogP contribution in [0.5, 0.6) is 5.75 Å². The fourth-order valence-corrected chi connectivity index (χ4v) is 4.08. The van der Waals surface area contributed by atoms with Gasteiger partial charge in [-0.3, -0.25) is 0 Å². The second kappa shape index (κ2) is 6.14. The summed E-state index contributed by atoms with van der Waals surface area (Å²) in [4.78, 5) is 4.51. The molecule has 124 valence electrons. The van der Waals surface area contributed by atoms with Crippen LogP contribution >= 0.6 is 23.4 Å². The van der Waals surface area contributed by atoms with Crippen molar-refractivity contribution < 1.29 is 4.74 Å². The van der Waals surface area contributed by atoms with E-state index in [1.807, 2.05) is 22.9 Å². The van der Waals surface area contributed by atoms with Crippen LogP contribution in [0.15, 0.2) is 29.4 Å². The fourth-order valence-electron chi connectivity index (χ4n) is 2.73. The molecule has 2 aromatic heterocycles. The van der Waals surface area contributed by atoms with Crippen LogP contribution in [-0.2, 0) is 6.42 Å². The molecular weight excluding hydrogens is 346 g/mol. The Balaban J connectivity index is 1.70. The van der Waals surface area contributed by atoms with Gasteiger partial charge in [0.05, 0.1) is 12.6 Å². The Labute approximate surface area is 148 Å². The smallest absolute Gasteiger partial charge is 0.212 e. The van der Waals surface area contributed by atoms with Gasteiger partial charge in [0.25, 0.3) is 0 Å². The van der Waals surface area contributed by atoms with E-state index in [9.17, 15) is 0 Å². The summed E-state index contributed by atoms with van der Waals surface area (Å²) in [6.07, 6.45) is 1.90. The molecule has 3 aromatic rings. The molecule has 6 nitrogen and oxygen atoms in total. The zero-order valence-electron chi connectivity index (χ0n) is 13.3. The number of aromatic nitrogens is 4. The molecule has 0 saturated heterocycles. The van der Waals surface area contributed by atoms with E-state index in [0.29, 0.717) is 5.15 Å². The van der Waals surface area contributed by atoms with Gasteiger partial charge in [-0.1, -0.05) is 30.3 Å². The normalized spacial score (nSPS) is 16.2. The molecule has 1 aliphatic heterocycles. The van der Waals surface area contributed by atoms with E-state index < -0.39 is 0 Å². The number of methoxy groups -OCH3 is 1. The number of fused-ring (bicyclic) bond motifs is 2. The van der Waals surface area contributed by atoms with Gasteiger partial charge in [0.15, 0.2) is 5.82 Å². The Morgan fingerprint density at radius 1 is 1.33 bits per heavy atom. The number of rotatable bonds is 4. The third-order valence-corrected chi connectivity index (χ3v) is 5.30. The van der Waals surface area contributed by atoms with Gasteiger partial charge in [-0.2, -0.15) is 0 Å². The van der Waals surface area contributed by atoms with Crippen molar-refractivity contribution in [1.29, 1.82) is 0 Å². The predicted octanol–water partition coefficient (Wildman–Crippen LogP) is 3.79. The standard InChI is InChI=1S/C16H16ClN5OS/c1-3-4-13-19-20-16-22(13)21-15(24-16)11-8-9-7-10(23-2)5-6-12(9)18-14(11)17/h5-8,15,21H,3-4H2,1-2H3. The van der Waals surface area contributed by atoms with Crippen LogP contribution in [-0.4, -0.2) is 27.0 Å². The van der Waals surface area contributed by atoms with Gasteiger partial charge in [-0.05, 0) is 30.7 Å². The first-order valence-corrected chi connectivity index (χ1v) is 8.97. The van der Waals surface area contributed by atoms with E-state index in [4.69, 9.17) is 16.3 Å². The number of ether oxygens (including phenoxy) is 1. The number of nitrogens with zero attached hydrogens (tertiary/aromatic N) is 4. The summed E-state index contributed by atoms with van der Waals surface area (Å²) in [5.74, 6) is 1.74. The molecule has 0 saturated carbocycles. The van der Waals surface area contributed by atoms with Crippen LogP contribution < -0.4 is 10.2 Å². The average Bonchev–Trinajstić information content (AvgIpc) is 3.16. The topological polar surface area (TPSA) is 64.9 Å². The van der Waals surface area contributed by atoms with Gasteiger partial charge in [-0.25, -0.2) is 9.66 Å². The fraction of sp³-hybridized carbons (Fsp3) is 0.312. The molecule has 0 aliphatic carbocycles. The summed E-state index contributed by atoms with van der Waals surface area (Å²) in [5.41, 5.74) is 5.19. The molecule has 1 unspecified atom stereocenters. The number of aryl methyl sites for hydroxylation is 1. The van der Waals surface area contributed by atoms with Crippen LogP contribution in [0, 0.1) is 0 Å². The second-order valence-corrected chi connectivity index (χ2v) is 6.97. The SMILES string of the molecule is CCCc1nnc2n1NC(c1cc3cc(OC)ccc3nc1Cl)S2. The highest BCUT2D eigenvalue weighted by Gasteiger charge is 2.29. The van der Waals surface area contributed by atoms with E-state index in [1.165, 1.54) is 0 Å². The van der Waals surface area contributed by atoms with E-state index in [2.05, 4.69) is 33.6 Å². The molecule has 24 heavy (non-hydrogen) atoms. The minimum atomic E-state index is -0.0401. The molecule has 0 spiro atoms. The van der Waals surface area contributed by atoms with Crippen LogP contribution in [0.2, 0.25) is 5.15 Å². The van der Waals surface area contributed by atoms with Crippen LogP contribution in [0.3, 0.4) is 0 Å². The number of thioether (sulfide) groups is 1. The molecule has 0 bridgehead atoms. The summed E-state index contributed by atoms with van der Waals surface area (Å²) in [6.45, 7) is 2.12.